The third-order valence-corrected chi connectivity index (χ3v) is 10.1. The molecule has 11 heteroatoms. The lowest BCUT2D eigenvalue weighted by Crippen LogP contribution is -2.48. The number of rotatable bonds is 8. The minimum Gasteiger partial charge on any atom is -0.379 e. The summed E-state index contributed by atoms with van der Waals surface area (Å²) in [5, 5.41) is 0.652. The Bertz CT molecular complexity index is 1390. The van der Waals surface area contributed by atoms with Crippen LogP contribution in [0.15, 0.2) is 47.4 Å². The fourth-order valence-electron chi connectivity index (χ4n) is 5.15. The van der Waals surface area contributed by atoms with Gasteiger partial charge in [-0.15, -0.1) is 0 Å². The minimum atomic E-state index is -3.69. The van der Waals surface area contributed by atoms with E-state index in [-0.39, 0.29) is 23.0 Å². The quantitative estimate of drug-likeness (QED) is 0.406. The second-order valence-corrected chi connectivity index (χ2v) is 13.2. The van der Waals surface area contributed by atoms with Crippen LogP contribution in [0.2, 0.25) is 0 Å². The van der Waals surface area contributed by atoms with E-state index < -0.39 is 10.0 Å². The summed E-state index contributed by atoms with van der Waals surface area (Å²) in [5.74, 6) is -0.189. The van der Waals surface area contributed by atoms with Crippen LogP contribution in [0.3, 0.4) is 0 Å². The van der Waals surface area contributed by atoms with Crippen molar-refractivity contribution >= 4 is 42.6 Å². The topological polar surface area (TPSA) is 92.3 Å². The van der Waals surface area contributed by atoms with Crippen LogP contribution in [0.5, 0.6) is 0 Å². The highest BCUT2D eigenvalue weighted by Gasteiger charge is 2.32. The molecule has 210 valence electrons. The fourth-order valence-corrected chi connectivity index (χ4v) is 7.81. The van der Waals surface area contributed by atoms with Gasteiger partial charge in [0.1, 0.15) is 0 Å². The summed E-state index contributed by atoms with van der Waals surface area (Å²) >= 11 is 1.50. The number of nitrogens with zero attached hydrogens (tertiary/aromatic N) is 4. The largest absolute Gasteiger partial charge is 0.379 e. The highest BCUT2D eigenvalue weighted by atomic mass is 32.2. The van der Waals surface area contributed by atoms with Crippen LogP contribution < -0.4 is 4.90 Å². The Kier molecular flexibility index (Phi) is 8.65. The molecule has 5 rings (SSSR count). The molecule has 39 heavy (non-hydrogen) atoms. The number of ether oxygens (including phenoxy) is 2. The molecular weight excluding hydrogens is 536 g/mol. The summed E-state index contributed by atoms with van der Waals surface area (Å²) in [6.07, 6.45) is 0.446. The Morgan fingerprint density at radius 2 is 1.77 bits per heavy atom. The number of benzene rings is 2. The molecule has 1 aromatic heterocycles. The van der Waals surface area contributed by atoms with Gasteiger partial charge in [0, 0.05) is 44.8 Å². The summed E-state index contributed by atoms with van der Waals surface area (Å²) in [6.45, 7) is 11.0. The number of sulfonamides is 1. The van der Waals surface area contributed by atoms with Gasteiger partial charge in [-0.25, -0.2) is 13.4 Å². The summed E-state index contributed by atoms with van der Waals surface area (Å²) in [5.41, 5.74) is 2.40. The van der Waals surface area contributed by atoms with Crippen LogP contribution in [-0.4, -0.2) is 93.2 Å². The zero-order valence-corrected chi connectivity index (χ0v) is 24.3. The van der Waals surface area contributed by atoms with Crippen molar-refractivity contribution in [1.29, 1.82) is 0 Å². The summed E-state index contributed by atoms with van der Waals surface area (Å²) < 4.78 is 40.2. The lowest BCUT2D eigenvalue weighted by atomic mass is 10.2. The zero-order valence-electron chi connectivity index (χ0n) is 22.7. The standard InChI is InChI=1S/C28H36N4O5S2/c1-20-6-4-7-25-26(20)29-28(38-25)32(13-5-12-30-14-16-36-17-15-30)27(33)23-8-10-24(11-9-23)39(34,35)31-18-21(2)37-22(3)19-31/h4,6-11,21-22H,5,12-19H2,1-3H3. The molecule has 9 nitrogen and oxygen atoms in total. The number of aromatic nitrogens is 1. The van der Waals surface area contributed by atoms with Crippen LogP contribution in [-0.2, 0) is 19.5 Å². The van der Waals surface area contributed by atoms with E-state index in [9.17, 15) is 13.2 Å². The van der Waals surface area contributed by atoms with Crippen LogP contribution >= 0.6 is 11.3 Å². The molecule has 0 spiro atoms. The molecule has 3 aromatic rings. The first kappa shape index (κ1) is 28.1. The van der Waals surface area contributed by atoms with E-state index in [0.29, 0.717) is 30.3 Å². The molecule has 0 N–H and O–H groups in total. The van der Waals surface area contributed by atoms with Gasteiger partial charge in [0.05, 0.1) is 40.5 Å². The number of hydrogen-bond acceptors (Lipinski definition) is 8. The molecule has 0 radical (unpaired) electrons. The Morgan fingerprint density at radius 1 is 1.08 bits per heavy atom. The van der Waals surface area contributed by atoms with Gasteiger partial charge in [0.25, 0.3) is 5.91 Å². The molecule has 2 atom stereocenters. The molecule has 2 aliphatic rings. The van der Waals surface area contributed by atoms with Gasteiger partial charge in [-0.05, 0) is 63.1 Å². The molecule has 0 bridgehead atoms. The van der Waals surface area contributed by atoms with E-state index in [0.717, 1.165) is 55.0 Å². The lowest BCUT2D eigenvalue weighted by molar-refractivity contribution is -0.0440. The molecule has 0 saturated carbocycles. The number of thiazole rings is 1. The van der Waals surface area contributed by atoms with Gasteiger partial charge in [-0.1, -0.05) is 23.5 Å². The number of para-hydroxylation sites is 1. The van der Waals surface area contributed by atoms with Crippen LogP contribution in [0.1, 0.15) is 36.2 Å². The zero-order chi connectivity index (χ0) is 27.6. The van der Waals surface area contributed by atoms with Crippen molar-refractivity contribution in [2.24, 2.45) is 0 Å². The van der Waals surface area contributed by atoms with Crippen LogP contribution in [0, 0.1) is 6.92 Å². The number of morpholine rings is 2. The number of aryl methyl sites for hydroxylation is 1. The van der Waals surface area contributed by atoms with Crippen molar-refractivity contribution in [2.75, 3.05) is 57.4 Å². The highest BCUT2D eigenvalue weighted by Crippen LogP contribution is 2.32. The third-order valence-electron chi connectivity index (χ3n) is 7.17. The van der Waals surface area contributed by atoms with E-state index in [1.807, 2.05) is 39.0 Å². The normalized spacial score (nSPS) is 21.3. The summed E-state index contributed by atoms with van der Waals surface area (Å²) in [7, 11) is -3.69. The molecule has 2 fully saturated rings. The Hall–Kier alpha value is -2.41. The lowest BCUT2D eigenvalue weighted by Gasteiger charge is -2.34. The maximum Gasteiger partial charge on any atom is 0.260 e. The molecule has 2 unspecified atom stereocenters. The van der Waals surface area contributed by atoms with Crippen molar-refractivity contribution < 1.29 is 22.7 Å². The first-order valence-electron chi connectivity index (χ1n) is 13.5. The number of amides is 1. The predicted molar refractivity (Wildman–Crippen MR) is 153 cm³/mol. The first-order valence-corrected chi connectivity index (χ1v) is 15.7. The Morgan fingerprint density at radius 3 is 2.44 bits per heavy atom. The second kappa shape index (κ2) is 12.0. The van der Waals surface area contributed by atoms with Gasteiger partial charge in [-0.2, -0.15) is 4.31 Å². The van der Waals surface area contributed by atoms with Crippen molar-refractivity contribution in [3.05, 3.63) is 53.6 Å². The molecule has 0 aliphatic carbocycles. The maximum absolute atomic E-state index is 13.8. The monoisotopic (exact) mass is 572 g/mol. The number of fused-ring (bicyclic) bond motifs is 1. The number of carbonyl (C=O) groups excluding carboxylic acids is 1. The van der Waals surface area contributed by atoms with E-state index in [1.165, 1.54) is 27.8 Å². The van der Waals surface area contributed by atoms with Crippen LogP contribution in [0.4, 0.5) is 5.13 Å². The van der Waals surface area contributed by atoms with Crippen LogP contribution in [0.25, 0.3) is 10.2 Å². The minimum absolute atomic E-state index is 0.173. The SMILES string of the molecule is Cc1cccc2sc(N(CCCN3CCOCC3)C(=O)c3ccc(S(=O)(=O)N4CC(C)OC(C)C4)cc3)nc12. The van der Waals surface area contributed by atoms with Crippen molar-refractivity contribution in [3.8, 4) is 0 Å². The first-order chi connectivity index (χ1) is 18.7. The van der Waals surface area contributed by atoms with Crippen molar-refractivity contribution in [1.82, 2.24) is 14.2 Å². The van der Waals surface area contributed by atoms with Gasteiger partial charge in [-0.3, -0.25) is 14.6 Å². The third kappa shape index (κ3) is 6.34. The average Bonchev–Trinajstić information content (AvgIpc) is 3.36. The van der Waals surface area contributed by atoms with Crippen molar-refractivity contribution in [3.63, 3.8) is 0 Å². The molecule has 2 aliphatic heterocycles. The van der Waals surface area contributed by atoms with E-state index >= 15 is 0 Å². The van der Waals surface area contributed by atoms with Gasteiger partial charge < -0.3 is 9.47 Å². The molecular formula is C28H36N4O5S2. The van der Waals surface area contributed by atoms with Gasteiger partial charge in [0.2, 0.25) is 10.0 Å². The molecule has 1 amide bonds. The highest BCUT2D eigenvalue weighted by molar-refractivity contribution is 7.89. The number of carbonyl (C=O) groups is 1. The van der Waals surface area contributed by atoms with Gasteiger partial charge in [0.15, 0.2) is 5.13 Å². The number of hydrogen-bond donors (Lipinski definition) is 0. The fraction of sp³-hybridized carbons (Fsp3) is 0.500. The molecule has 3 heterocycles. The Balaban J connectivity index is 1.37. The molecule has 2 saturated heterocycles. The maximum atomic E-state index is 13.8. The van der Waals surface area contributed by atoms with Crippen molar-refractivity contribution in [2.45, 2.75) is 44.3 Å². The van der Waals surface area contributed by atoms with Gasteiger partial charge >= 0.3 is 0 Å². The van der Waals surface area contributed by atoms with E-state index in [4.69, 9.17) is 14.5 Å². The summed E-state index contributed by atoms with van der Waals surface area (Å²) in [4.78, 5) is 22.9. The molecule has 2 aromatic carbocycles. The second-order valence-electron chi connectivity index (χ2n) is 10.3. The number of anilines is 1. The average molecular weight is 573 g/mol. The Labute approximate surface area is 234 Å². The van der Waals surface area contributed by atoms with E-state index in [2.05, 4.69) is 4.90 Å². The van der Waals surface area contributed by atoms with E-state index in [1.54, 1.807) is 17.0 Å². The predicted octanol–water partition coefficient (Wildman–Crippen LogP) is 3.77. The summed E-state index contributed by atoms with van der Waals surface area (Å²) in [6, 6.07) is 12.3. The smallest absolute Gasteiger partial charge is 0.260 e.